The number of nitrogens with zero attached hydrogens (tertiary/aromatic N) is 2. The van der Waals surface area contributed by atoms with E-state index in [4.69, 9.17) is 21.8 Å². The molecule has 6 heteroatoms. The molecule has 1 aliphatic heterocycles. The van der Waals surface area contributed by atoms with Crippen LogP contribution < -0.4 is 5.73 Å². The summed E-state index contributed by atoms with van der Waals surface area (Å²) in [6.07, 6.45) is 2.74. The number of aromatic nitrogens is 1. The molecule has 3 rings (SSSR count). The zero-order chi connectivity index (χ0) is 16.4. The van der Waals surface area contributed by atoms with Crippen molar-refractivity contribution in [2.75, 3.05) is 19.6 Å². The minimum atomic E-state index is 0.0357. The van der Waals surface area contributed by atoms with Gasteiger partial charge < -0.3 is 15.1 Å². The van der Waals surface area contributed by atoms with Crippen LogP contribution in [0.4, 0.5) is 0 Å². The molecule has 1 unspecified atom stereocenters. The first kappa shape index (κ1) is 16.0. The number of carbonyl (C=O) groups is 1. The molecule has 1 atom stereocenters. The molecule has 1 fully saturated rings. The number of nitrogens with two attached hydrogens (primary N) is 1. The molecule has 0 aliphatic carbocycles. The Hall–Kier alpha value is -1.85. The molecule has 0 spiro atoms. The molecule has 5 nitrogen and oxygen atoms in total. The second-order valence-electron chi connectivity index (χ2n) is 6.41. The standard InChI is InChI=1S/C17H20ClN3O2/c1-17(10-19)6-7-21(11-17)15(22)8-14-9-23-16(20-14)12-2-4-13(18)5-3-12/h2-5,9H,6-8,10-11,19H2,1H3. The molecular formula is C17H20ClN3O2. The van der Waals surface area contributed by atoms with E-state index < -0.39 is 0 Å². The van der Waals surface area contributed by atoms with Crippen molar-refractivity contribution in [3.05, 3.63) is 41.2 Å². The highest BCUT2D eigenvalue weighted by molar-refractivity contribution is 6.30. The normalized spacial score (nSPS) is 20.9. The van der Waals surface area contributed by atoms with E-state index in [0.717, 1.165) is 18.5 Å². The second-order valence-corrected chi connectivity index (χ2v) is 6.84. The Balaban J connectivity index is 1.65. The Labute approximate surface area is 140 Å². The lowest BCUT2D eigenvalue weighted by atomic mass is 9.90. The zero-order valence-electron chi connectivity index (χ0n) is 13.1. The van der Waals surface area contributed by atoms with E-state index in [1.165, 1.54) is 0 Å². The van der Waals surface area contributed by atoms with Crippen molar-refractivity contribution in [2.45, 2.75) is 19.8 Å². The smallest absolute Gasteiger partial charge is 0.228 e. The Morgan fingerprint density at radius 1 is 1.43 bits per heavy atom. The van der Waals surface area contributed by atoms with Gasteiger partial charge in [-0.15, -0.1) is 0 Å². The highest BCUT2D eigenvalue weighted by atomic mass is 35.5. The van der Waals surface area contributed by atoms with E-state index in [1.54, 1.807) is 18.4 Å². The molecule has 0 bridgehead atoms. The third-order valence-corrected chi connectivity index (χ3v) is 4.63. The van der Waals surface area contributed by atoms with Gasteiger partial charge in [-0.25, -0.2) is 4.98 Å². The number of halogens is 1. The zero-order valence-corrected chi connectivity index (χ0v) is 13.8. The highest BCUT2D eigenvalue weighted by Gasteiger charge is 2.34. The predicted molar refractivity (Wildman–Crippen MR) is 89.0 cm³/mol. The van der Waals surface area contributed by atoms with E-state index in [9.17, 15) is 4.79 Å². The molecule has 122 valence electrons. The Morgan fingerprint density at radius 2 is 2.17 bits per heavy atom. The van der Waals surface area contributed by atoms with E-state index in [-0.39, 0.29) is 17.7 Å². The first-order chi connectivity index (χ1) is 11.0. The van der Waals surface area contributed by atoms with E-state index in [1.807, 2.05) is 17.0 Å². The highest BCUT2D eigenvalue weighted by Crippen LogP contribution is 2.29. The average molecular weight is 334 g/mol. The summed E-state index contributed by atoms with van der Waals surface area (Å²) in [5, 5.41) is 0.660. The van der Waals surface area contributed by atoms with Gasteiger partial charge in [0, 0.05) is 23.7 Å². The Bertz CT molecular complexity index is 698. The van der Waals surface area contributed by atoms with Crippen LogP contribution in [-0.4, -0.2) is 35.4 Å². The molecule has 0 radical (unpaired) electrons. The summed E-state index contributed by atoms with van der Waals surface area (Å²) in [6, 6.07) is 7.24. The first-order valence-corrected chi connectivity index (χ1v) is 8.05. The Morgan fingerprint density at radius 3 is 2.83 bits per heavy atom. The molecule has 1 saturated heterocycles. The number of likely N-dealkylation sites (tertiary alicyclic amines) is 1. The molecular weight excluding hydrogens is 314 g/mol. The summed E-state index contributed by atoms with van der Waals surface area (Å²) < 4.78 is 5.47. The maximum atomic E-state index is 12.4. The fraction of sp³-hybridized carbons (Fsp3) is 0.412. The summed E-state index contributed by atoms with van der Waals surface area (Å²) >= 11 is 5.87. The summed E-state index contributed by atoms with van der Waals surface area (Å²) in [4.78, 5) is 18.7. The lowest BCUT2D eigenvalue weighted by Crippen LogP contribution is -2.35. The number of rotatable bonds is 4. The molecule has 1 amide bonds. The lowest BCUT2D eigenvalue weighted by Gasteiger charge is -2.22. The summed E-state index contributed by atoms with van der Waals surface area (Å²) in [5.74, 6) is 0.566. The molecule has 2 heterocycles. The van der Waals surface area contributed by atoms with Gasteiger partial charge in [0.05, 0.1) is 12.1 Å². The maximum absolute atomic E-state index is 12.4. The number of benzene rings is 1. The summed E-state index contributed by atoms with van der Waals surface area (Å²) in [7, 11) is 0. The van der Waals surface area contributed by atoms with Crippen LogP contribution in [0.5, 0.6) is 0 Å². The molecule has 2 aromatic rings. The first-order valence-electron chi connectivity index (χ1n) is 7.67. The molecule has 1 aliphatic rings. The predicted octanol–water partition coefficient (Wildman–Crippen LogP) is 2.73. The third-order valence-electron chi connectivity index (χ3n) is 4.38. The van der Waals surface area contributed by atoms with Crippen molar-refractivity contribution in [3.63, 3.8) is 0 Å². The van der Waals surface area contributed by atoms with E-state index in [0.29, 0.717) is 29.7 Å². The van der Waals surface area contributed by atoms with Gasteiger partial charge in [-0.1, -0.05) is 18.5 Å². The van der Waals surface area contributed by atoms with Crippen molar-refractivity contribution in [1.29, 1.82) is 0 Å². The van der Waals surface area contributed by atoms with Crippen LogP contribution in [-0.2, 0) is 11.2 Å². The van der Waals surface area contributed by atoms with Crippen LogP contribution in [0.1, 0.15) is 19.0 Å². The van der Waals surface area contributed by atoms with Crippen LogP contribution in [0.2, 0.25) is 5.02 Å². The van der Waals surface area contributed by atoms with Crippen LogP contribution in [0.25, 0.3) is 11.5 Å². The lowest BCUT2D eigenvalue weighted by molar-refractivity contribution is -0.129. The van der Waals surface area contributed by atoms with Gasteiger partial charge in [0.1, 0.15) is 6.26 Å². The fourth-order valence-electron chi connectivity index (χ4n) is 2.78. The van der Waals surface area contributed by atoms with E-state index >= 15 is 0 Å². The van der Waals surface area contributed by atoms with Crippen LogP contribution >= 0.6 is 11.6 Å². The largest absolute Gasteiger partial charge is 0.444 e. The fourth-order valence-corrected chi connectivity index (χ4v) is 2.91. The molecule has 1 aromatic heterocycles. The molecule has 0 saturated carbocycles. The summed E-state index contributed by atoms with van der Waals surface area (Å²) in [6.45, 7) is 4.19. The minimum Gasteiger partial charge on any atom is -0.444 e. The van der Waals surface area contributed by atoms with Gasteiger partial charge in [0.15, 0.2) is 0 Å². The number of carbonyl (C=O) groups excluding carboxylic acids is 1. The number of hydrogen-bond donors (Lipinski definition) is 1. The Kier molecular flexibility index (Phi) is 4.41. The van der Waals surface area contributed by atoms with Crippen molar-refractivity contribution in [2.24, 2.45) is 11.1 Å². The van der Waals surface area contributed by atoms with Crippen molar-refractivity contribution in [3.8, 4) is 11.5 Å². The minimum absolute atomic E-state index is 0.0357. The van der Waals surface area contributed by atoms with Gasteiger partial charge in [-0.3, -0.25) is 4.79 Å². The quantitative estimate of drug-likeness (QED) is 0.933. The van der Waals surface area contributed by atoms with Crippen molar-refractivity contribution >= 4 is 17.5 Å². The van der Waals surface area contributed by atoms with Crippen molar-refractivity contribution < 1.29 is 9.21 Å². The maximum Gasteiger partial charge on any atom is 0.228 e. The van der Waals surface area contributed by atoms with Gasteiger partial charge in [-0.05, 0) is 42.6 Å². The molecule has 1 aromatic carbocycles. The van der Waals surface area contributed by atoms with Crippen LogP contribution in [0.15, 0.2) is 34.9 Å². The summed E-state index contributed by atoms with van der Waals surface area (Å²) in [5.41, 5.74) is 7.30. The third kappa shape index (κ3) is 3.57. The van der Waals surface area contributed by atoms with Crippen LogP contribution in [0, 0.1) is 5.41 Å². The van der Waals surface area contributed by atoms with Gasteiger partial charge in [-0.2, -0.15) is 0 Å². The van der Waals surface area contributed by atoms with Gasteiger partial charge in [0.25, 0.3) is 0 Å². The number of oxazole rings is 1. The average Bonchev–Trinajstić information content (AvgIpc) is 3.16. The number of amides is 1. The van der Waals surface area contributed by atoms with Gasteiger partial charge >= 0.3 is 0 Å². The van der Waals surface area contributed by atoms with Gasteiger partial charge in [0.2, 0.25) is 11.8 Å². The van der Waals surface area contributed by atoms with Crippen LogP contribution in [0.3, 0.4) is 0 Å². The SMILES string of the molecule is CC1(CN)CCN(C(=O)Cc2coc(-c3ccc(Cl)cc3)n2)C1. The topological polar surface area (TPSA) is 72.4 Å². The van der Waals surface area contributed by atoms with E-state index in [2.05, 4.69) is 11.9 Å². The molecule has 2 N–H and O–H groups in total. The van der Waals surface area contributed by atoms with Crippen molar-refractivity contribution in [1.82, 2.24) is 9.88 Å². The second kappa shape index (κ2) is 6.34. The monoisotopic (exact) mass is 333 g/mol. The molecule has 23 heavy (non-hydrogen) atoms. The number of hydrogen-bond acceptors (Lipinski definition) is 4.